The maximum absolute atomic E-state index is 12.6. The topological polar surface area (TPSA) is 88.9 Å². The van der Waals surface area contributed by atoms with Crippen molar-refractivity contribution in [1.82, 2.24) is 4.90 Å². The second-order valence-corrected chi connectivity index (χ2v) is 6.16. The number of furan rings is 1. The van der Waals surface area contributed by atoms with Crippen LogP contribution in [0.1, 0.15) is 33.6 Å². The van der Waals surface area contributed by atoms with Gasteiger partial charge < -0.3 is 19.4 Å². The molecule has 2 heterocycles. The van der Waals surface area contributed by atoms with E-state index in [0.29, 0.717) is 36.3 Å². The molecule has 1 aliphatic heterocycles. The molecule has 0 bridgehead atoms. The van der Waals surface area contributed by atoms with Crippen molar-refractivity contribution in [3.05, 3.63) is 54.0 Å². The van der Waals surface area contributed by atoms with Crippen molar-refractivity contribution >= 4 is 23.5 Å². The van der Waals surface area contributed by atoms with Crippen LogP contribution in [0.25, 0.3) is 0 Å². The zero-order valence-electron chi connectivity index (χ0n) is 14.4. The first kappa shape index (κ1) is 17.7. The molecule has 0 saturated carbocycles. The van der Waals surface area contributed by atoms with Crippen molar-refractivity contribution in [1.29, 1.82) is 0 Å². The van der Waals surface area contributed by atoms with Crippen LogP contribution in [-0.2, 0) is 9.53 Å². The van der Waals surface area contributed by atoms with Gasteiger partial charge in [-0.25, -0.2) is 4.79 Å². The monoisotopic (exact) mass is 356 g/mol. The Balaban J connectivity index is 1.64. The Morgan fingerprint density at radius 3 is 2.81 bits per heavy atom. The number of nitrogens with one attached hydrogen (secondary N) is 1. The average molecular weight is 356 g/mol. The molecule has 0 spiro atoms. The maximum Gasteiger partial charge on any atom is 0.337 e. The first-order valence-corrected chi connectivity index (χ1v) is 8.39. The third kappa shape index (κ3) is 3.93. The van der Waals surface area contributed by atoms with Crippen molar-refractivity contribution < 1.29 is 23.5 Å². The van der Waals surface area contributed by atoms with Gasteiger partial charge in [0.1, 0.15) is 6.26 Å². The Labute approximate surface area is 150 Å². The highest BCUT2D eigenvalue weighted by Crippen LogP contribution is 2.21. The van der Waals surface area contributed by atoms with Crippen LogP contribution >= 0.6 is 0 Å². The third-order valence-corrected chi connectivity index (χ3v) is 4.40. The van der Waals surface area contributed by atoms with Crippen molar-refractivity contribution in [2.75, 3.05) is 25.5 Å². The summed E-state index contributed by atoms with van der Waals surface area (Å²) in [6.45, 7) is 0.970. The number of nitrogens with zero attached hydrogens (tertiary/aromatic N) is 1. The number of esters is 1. The number of carbonyl (C=O) groups excluding carboxylic acids is 3. The minimum absolute atomic E-state index is 0.135. The number of benzene rings is 1. The lowest BCUT2D eigenvalue weighted by atomic mass is 9.96. The second kappa shape index (κ2) is 7.86. The van der Waals surface area contributed by atoms with Crippen molar-refractivity contribution in [3.8, 4) is 0 Å². The molecule has 7 nitrogen and oxygen atoms in total. The lowest BCUT2D eigenvalue weighted by Crippen LogP contribution is -2.43. The Morgan fingerprint density at radius 1 is 1.23 bits per heavy atom. The van der Waals surface area contributed by atoms with Crippen molar-refractivity contribution in [2.45, 2.75) is 12.8 Å². The van der Waals surface area contributed by atoms with E-state index in [-0.39, 0.29) is 17.7 Å². The van der Waals surface area contributed by atoms with E-state index in [1.54, 1.807) is 35.2 Å². The summed E-state index contributed by atoms with van der Waals surface area (Å²) in [5.41, 5.74) is 1.37. The van der Waals surface area contributed by atoms with Crippen LogP contribution in [-0.4, -0.2) is 42.9 Å². The Morgan fingerprint density at radius 2 is 2.08 bits per heavy atom. The largest absolute Gasteiger partial charge is 0.472 e. The predicted octanol–water partition coefficient (Wildman–Crippen LogP) is 2.56. The second-order valence-electron chi connectivity index (χ2n) is 6.16. The number of hydrogen-bond acceptors (Lipinski definition) is 5. The summed E-state index contributed by atoms with van der Waals surface area (Å²) < 4.78 is 9.64. The first-order chi connectivity index (χ1) is 12.6. The molecule has 2 aromatic rings. The number of anilines is 1. The molecule has 1 atom stereocenters. The van der Waals surface area contributed by atoms with Gasteiger partial charge in [-0.2, -0.15) is 0 Å². The van der Waals surface area contributed by atoms with Gasteiger partial charge in [0, 0.05) is 18.8 Å². The van der Waals surface area contributed by atoms with Crippen molar-refractivity contribution in [2.24, 2.45) is 5.92 Å². The van der Waals surface area contributed by atoms with Crippen LogP contribution in [0, 0.1) is 5.92 Å². The molecule has 7 heteroatoms. The van der Waals surface area contributed by atoms with Gasteiger partial charge >= 0.3 is 5.97 Å². The molecule has 3 rings (SSSR count). The number of rotatable bonds is 4. The normalized spacial score (nSPS) is 16.8. The van der Waals surface area contributed by atoms with Gasteiger partial charge in [0.15, 0.2) is 0 Å². The highest BCUT2D eigenvalue weighted by Gasteiger charge is 2.29. The number of methoxy groups -OCH3 is 1. The molecular formula is C19H20N2O5. The van der Waals surface area contributed by atoms with Crippen LogP contribution in [0.2, 0.25) is 0 Å². The molecule has 26 heavy (non-hydrogen) atoms. The molecule has 0 aliphatic carbocycles. The molecule has 1 aromatic heterocycles. The van der Waals surface area contributed by atoms with E-state index in [2.05, 4.69) is 10.1 Å². The lowest BCUT2D eigenvalue weighted by Gasteiger charge is -2.31. The number of hydrogen-bond donors (Lipinski definition) is 1. The molecule has 0 unspecified atom stereocenters. The first-order valence-electron chi connectivity index (χ1n) is 8.39. The molecular weight excluding hydrogens is 336 g/mol. The summed E-state index contributed by atoms with van der Waals surface area (Å²) in [4.78, 5) is 38.3. The van der Waals surface area contributed by atoms with E-state index in [1.807, 2.05) is 0 Å². The fraction of sp³-hybridized carbons (Fsp3) is 0.316. The number of likely N-dealkylation sites (tertiary alicyclic amines) is 1. The summed E-state index contributed by atoms with van der Waals surface area (Å²) in [5.74, 6) is -1.07. The molecule has 1 N–H and O–H groups in total. The summed E-state index contributed by atoms with van der Waals surface area (Å²) in [6, 6.07) is 8.19. The third-order valence-electron chi connectivity index (χ3n) is 4.40. The van der Waals surface area contributed by atoms with Crippen LogP contribution < -0.4 is 5.32 Å². The molecule has 136 valence electrons. The van der Waals surface area contributed by atoms with Gasteiger partial charge in [-0.1, -0.05) is 6.07 Å². The predicted molar refractivity (Wildman–Crippen MR) is 93.7 cm³/mol. The Bertz CT molecular complexity index is 800. The smallest absolute Gasteiger partial charge is 0.337 e. The summed E-state index contributed by atoms with van der Waals surface area (Å²) in [7, 11) is 1.31. The zero-order valence-corrected chi connectivity index (χ0v) is 14.4. The Hall–Kier alpha value is -3.09. The highest BCUT2D eigenvalue weighted by atomic mass is 16.5. The molecule has 0 radical (unpaired) electrons. The number of carbonyl (C=O) groups is 3. The van der Waals surface area contributed by atoms with Crippen molar-refractivity contribution in [3.63, 3.8) is 0 Å². The Kier molecular flexibility index (Phi) is 5.36. The molecule has 1 aromatic carbocycles. The number of ether oxygens (including phenoxy) is 1. The van der Waals surface area contributed by atoms with Gasteiger partial charge in [-0.05, 0) is 37.1 Å². The fourth-order valence-electron chi connectivity index (χ4n) is 3.03. The van der Waals surface area contributed by atoms with Gasteiger partial charge in [-0.3, -0.25) is 9.59 Å². The summed E-state index contributed by atoms with van der Waals surface area (Å²) in [6.07, 6.45) is 4.32. The number of amides is 2. The van der Waals surface area contributed by atoms with E-state index < -0.39 is 5.97 Å². The number of piperidine rings is 1. The van der Waals surface area contributed by atoms with E-state index in [1.165, 1.54) is 19.6 Å². The average Bonchev–Trinajstić information content (AvgIpc) is 3.22. The lowest BCUT2D eigenvalue weighted by molar-refractivity contribution is -0.121. The van der Waals surface area contributed by atoms with E-state index in [0.717, 1.165) is 6.42 Å². The zero-order chi connectivity index (χ0) is 18.5. The van der Waals surface area contributed by atoms with Gasteiger partial charge in [-0.15, -0.1) is 0 Å². The maximum atomic E-state index is 12.6. The molecule has 1 fully saturated rings. The minimum Gasteiger partial charge on any atom is -0.472 e. The standard InChI is InChI=1S/C19H20N2O5/c1-25-19(24)13-4-2-6-16(10-13)20-17(22)14-5-3-8-21(11-14)18(23)15-7-9-26-12-15/h2,4,6-7,9-10,12,14H,3,5,8,11H2,1H3,(H,20,22)/t14-/m0/s1. The molecule has 1 saturated heterocycles. The minimum atomic E-state index is -0.462. The molecule has 1 aliphatic rings. The van der Waals surface area contributed by atoms with E-state index >= 15 is 0 Å². The van der Waals surface area contributed by atoms with Crippen LogP contribution in [0.15, 0.2) is 47.3 Å². The summed E-state index contributed by atoms with van der Waals surface area (Å²) >= 11 is 0. The quantitative estimate of drug-likeness (QED) is 0.851. The van der Waals surface area contributed by atoms with Crippen LogP contribution in [0.3, 0.4) is 0 Å². The van der Waals surface area contributed by atoms with Gasteiger partial charge in [0.25, 0.3) is 5.91 Å². The van der Waals surface area contributed by atoms with E-state index in [4.69, 9.17) is 4.42 Å². The highest BCUT2D eigenvalue weighted by molar-refractivity contribution is 5.97. The SMILES string of the molecule is COC(=O)c1cccc(NC(=O)[C@H]2CCCN(C(=O)c3ccoc3)C2)c1. The van der Waals surface area contributed by atoms with E-state index in [9.17, 15) is 14.4 Å². The fourth-order valence-corrected chi connectivity index (χ4v) is 3.03. The van der Waals surface area contributed by atoms with Crippen LogP contribution in [0.4, 0.5) is 5.69 Å². The van der Waals surface area contributed by atoms with Gasteiger partial charge in [0.2, 0.25) is 5.91 Å². The molecule has 2 amide bonds. The van der Waals surface area contributed by atoms with Crippen LogP contribution in [0.5, 0.6) is 0 Å². The summed E-state index contributed by atoms with van der Waals surface area (Å²) in [5, 5.41) is 2.82. The van der Waals surface area contributed by atoms with Gasteiger partial charge in [0.05, 0.1) is 30.4 Å².